The fourth-order valence-electron chi connectivity index (χ4n) is 2.68. The second kappa shape index (κ2) is 6.72. The van der Waals surface area contributed by atoms with Crippen LogP contribution in [0.15, 0.2) is 28.2 Å². The molecule has 1 aliphatic rings. The van der Waals surface area contributed by atoms with Gasteiger partial charge in [-0.3, -0.25) is 9.59 Å². The Balaban J connectivity index is 2.09. The lowest BCUT2D eigenvalue weighted by molar-refractivity contribution is -0.116. The number of halogens is 2. The zero-order valence-corrected chi connectivity index (χ0v) is 13.7. The number of thioether (sulfide) groups is 1. The molecule has 24 heavy (non-hydrogen) atoms. The van der Waals surface area contributed by atoms with Crippen molar-refractivity contribution in [1.82, 2.24) is 9.97 Å². The molecule has 3 rings (SSSR count). The van der Waals surface area contributed by atoms with E-state index in [4.69, 9.17) is 0 Å². The van der Waals surface area contributed by atoms with Gasteiger partial charge < -0.3 is 10.3 Å². The minimum atomic E-state index is -0.753. The van der Waals surface area contributed by atoms with Crippen LogP contribution in [0.5, 0.6) is 0 Å². The Morgan fingerprint density at radius 1 is 1.25 bits per heavy atom. The molecule has 8 heteroatoms. The molecule has 0 bridgehead atoms. The molecule has 5 nitrogen and oxygen atoms in total. The van der Waals surface area contributed by atoms with Gasteiger partial charge in [0.25, 0.3) is 5.56 Å². The van der Waals surface area contributed by atoms with E-state index >= 15 is 0 Å². The van der Waals surface area contributed by atoms with Gasteiger partial charge in [-0.1, -0.05) is 18.7 Å². The topological polar surface area (TPSA) is 74.8 Å². The molecule has 0 radical (unpaired) electrons. The van der Waals surface area contributed by atoms with Crippen molar-refractivity contribution in [3.8, 4) is 0 Å². The SMILES string of the molecule is CCCSc1nc2c(c(=O)[nH]1)[C@H](c1cc(F)cc(F)c1)CC(=O)N2. The molecule has 1 atom stereocenters. The highest BCUT2D eigenvalue weighted by atomic mass is 32.2. The second-order valence-corrected chi connectivity index (χ2v) is 6.57. The van der Waals surface area contributed by atoms with Crippen molar-refractivity contribution >= 4 is 23.5 Å². The zero-order valence-electron chi connectivity index (χ0n) is 12.9. The third-order valence-electron chi connectivity index (χ3n) is 3.66. The number of amides is 1. The smallest absolute Gasteiger partial charge is 0.257 e. The van der Waals surface area contributed by atoms with Gasteiger partial charge in [-0.2, -0.15) is 0 Å². The van der Waals surface area contributed by atoms with Crippen molar-refractivity contribution < 1.29 is 13.6 Å². The number of fused-ring (bicyclic) bond motifs is 1. The number of anilines is 1. The molecule has 2 heterocycles. The van der Waals surface area contributed by atoms with Crippen molar-refractivity contribution in [2.24, 2.45) is 0 Å². The number of carbonyl (C=O) groups excluding carboxylic acids is 1. The van der Waals surface area contributed by atoms with Gasteiger partial charge in [-0.05, 0) is 24.1 Å². The molecule has 2 aromatic rings. The van der Waals surface area contributed by atoms with E-state index in [1.807, 2.05) is 6.92 Å². The third-order valence-corrected chi connectivity index (χ3v) is 4.74. The van der Waals surface area contributed by atoms with Crippen LogP contribution in [0.25, 0.3) is 0 Å². The molecule has 0 saturated carbocycles. The third kappa shape index (κ3) is 3.33. The number of aromatic nitrogens is 2. The van der Waals surface area contributed by atoms with Crippen molar-refractivity contribution in [1.29, 1.82) is 0 Å². The van der Waals surface area contributed by atoms with Crippen LogP contribution < -0.4 is 10.9 Å². The minimum Gasteiger partial charge on any atom is -0.310 e. The van der Waals surface area contributed by atoms with Crippen LogP contribution >= 0.6 is 11.8 Å². The Kier molecular flexibility index (Phi) is 4.66. The normalized spacial score (nSPS) is 16.6. The van der Waals surface area contributed by atoms with Crippen molar-refractivity contribution in [2.75, 3.05) is 11.1 Å². The highest BCUT2D eigenvalue weighted by Crippen LogP contribution is 2.35. The van der Waals surface area contributed by atoms with Gasteiger partial charge >= 0.3 is 0 Å². The Morgan fingerprint density at radius 2 is 1.96 bits per heavy atom. The molecule has 126 valence electrons. The summed E-state index contributed by atoms with van der Waals surface area (Å²) >= 11 is 1.37. The molecule has 0 unspecified atom stereocenters. The molecule has 0 spiro atoms. The summed E-state index contributed by atoms with van der Waals surface area (Å²) in [6, 6.07) is 3.02. The number of hydrogen-bond acceptors (Lipinski definition) is 4. The quantitative estimate of drug-likeness (QED) is 0.656. The Labute approximate surface area is 140 Å². The van der Waals surface area contributed by atoms with Crippen LogP contribution in [-0.2, 0) is 4.79 Å². The molecule has 1 aromatic carbocycles. The maximum atomic E-state index is 13.5. The Hall–Kier alpha value is -2.22. The summed E-state index contributed by atoms with van der Waals surface area (Å²) in [6.07, 6.45) is 0.838. The number of H-pyrrole nitrogens is 1. The van der Waals surface area contributed by atoms with E-state index < -0.39 is 23.1 Å². The second-order valence-electron chi connectivity index (χ2n) is 5.49. The maximum Gasteiger partial charge on any atom is 0.257 e. The number of benzene rings is 1. The van der Waals surface area contributed by atoms with Crippen LogP contribution in [0.1, 0.15) is 36.8 Å². The molecular weight excluding hydrogens is 336 g/mol. The first-order valence-corrected chi connectivity index (χ1v) is 8.49. The molecule has 1 amide bonds. The van der Waals surface area contributed by atoms with E-state index in [0.717, 1.165) is 30.4 Å². The van der Waals surface area contributed by atoms with Gasteiger partial charge in [0.2, 0.25) is 5.91 Å². The summed E-state index contributed by atoms with van der Waals surface area (Å²) < 4.78 is 27.0. The van der Waals surface area contributed by atoms with Crippen LogP contribution in [0.4, 0.5) is 14.6 Å². The Morgan fingerprint density at radius 3 is 2.62 bits per heavy atom. The van der Waals surface area contributed by atoms with E-state index in [2.05, 4.69) is 15.3 Å². The summed E-state index contributed by atoms with van der Waals surface area (Å²) in [5.74, 6) is -1.66. The number of carbonyl (C=O) groups is 1. The van der Waals surface area contributed by atoms with E-state index in [-0.39, 0.29) is 29.3 Å². The first-order chi connectivity index (χ1) is 11.5. The lowest BCUT2D eigenvalue weighted by Crippen LogP contribution is -2.31. The van der Waals surface area contributed by atoms with Gasteiger partial charge in [0, 0.05) is 24.2 Å². The standard InChI is InChI=1S/C16H15F2N3O2S/c1-2-3-24-16-20-14-13(15(23)21-16)11(7-12(22)19-14)8-4-9(17)6-10(18)5-8/h4-6,11H,2-3,7H2,1H3,(H2,19,20,21,22,23)/t11-/m0/s1. The average molecular weight is 351 g/mol. The lowest BCUT2D eigenvalue weighted by atomic mass is 9.87. The van der Waals surface area contributed by atoms with Gasteiger partial charge in [-0.25, -0.2) is 13.8 Å². The van der Waals surface area contributed by atoms with Crippen LogP contribution in [0.2, 0.25) is 0 Å². The fraction of sp³-hybridized carbons (Fsp3) is 0.312. The van der Waals surface area contributed by atoms with Gasteiger partial charge in [0.1, 0.15) is 17.5 Å². The van der Waals surface area contributed by atoms with Crippen LogP contribution in [-0.4, -0.2) is 21.6 Å². The molecule has 0 saturated heterocycles. The number of hydrogen-bond donors (Lipinski definition) is 2. The molecule has 1 aliphatic heterocycles. The zero-order chi connectivity index (χ0) is 17.3. The first-order valence-electron chi connectivity index (χ1n) is 7.50. The predicted octanol–water partition coefficient (Wildman–Crippen LogP) is 3.02. The average Bonchev–Trinajstić information content (AvgIpc) is 2.50. The summed E-state index contributed by atoms with van der Waals surface area (Å²) in [6.45, 7) is 2.00. The lowest BCUT2D eigenvalue weighted by Gasteiger charge is -2.24. The van der Waals surface area contributed by atoms with Crippen molar-refractivity contribution in [3.63, 3.8) is 0 Å². The molecular formula is C16H15F2N3O2S. The highest BCUT2D eigenvalue weighted by molar-refractivity contribution is 7.99. The monoisotopic (exact) mass is 351 g/mol. The molecule has 0 fully saturated rings. The molecule has 1 aromatic heterocycles. The van der Waals surface area contributed by atoms with E-state index in [1.165, 1.54) is 11.8 Å². The van der Waals surface area contributed by atoms with Gasteiger partial charge in [-0.15, -0.1) is 0 Å². The van der Waals surface area contributed by atoms with Gasteiger partial charge in [0.05, 0.1) is 5.56 Å². The van der Waals surface area contributed by atoms with E-state index in [1.54, 1.807) is 0 Å². The molecule has 2 N–H and O–H groups in total. The number of rotatable bonds is 4. The maximum absolute atomic E-state index is 13.5. The number of nitrogens with zero attached hydrogens (tertiary/aromatic N) is 1. The number of aromatic amines is 1. The first kappa shape index (κ1) is 16.6. The summed E-state index contributed by atoms with van der Waals surface area (Å²) in [4.78, 5) is 31.4. The summed E-state index contributed by atoms with van der Waals surface area (Å²) in [5, 5.41) is 2.98. The Bertz CT molecular complexity index is 833. The van der Waals surface area contributed by atoms with E-state index in [0.29, 0.717) is 5.16 Å². The molecule has 0 aliphatic carbocycles. The summed E-state index contributed by atoms with van der Waals surface area (Å²) in [5.41, 5.74) is 0.0542. The highest BCUT2D eigenvalue weighted by Gasteiger charge is 2.31. The number of nitrogens with one attached hydrogen (secondary N) is 2. The fourth-order valence-corrected chi connectivity index (χ4v) is 3.40. The predicted molar refractivity (Wildman–Crippen MR) is 87.3 cm³/mol. The van der Waals surface area contributed by atoms with E-state index in [9.17, 15) is 18.4 Å². The minimum absolute atomic E-state index is 0.0674. The van der Waals surface area contributed by atoms with Crippen molar-refractivity contribution in [3.05, 3.63) is 51.3 Å². The largest absolute Gasteiger partial charge is 0.310 e. The van der Waals surface area contributed by atoms with Crippen LogP contribution in [0, 0.1) is 11.6 Å². The van der Waals surface area contributed by atoms with Crippen molar-refractivity contribution in [2.45, 2.75) is 30.8 Å². The van der Waals surface area contributed by atoms with Crippen LogP contribution in [0.3, 0.4) is 0 Å². The van der Waals surface area contributed by atoms with Gasteiger partial charge in [0.15, 0.2) is 5.16 Å². The summed E-state index contributed by atoms with van der Waals surface area (Å²) in [7, 11) is 0.